The Morgan fingerprint density at radius 1 is 1.39 bits per heavy atom. The van der Waals surface area contributed by atoms with E-state index in [4.69, 9.17) is 10.5 Å². The maximum atomic E-state index is 12.6. The molecule has 2 aliphatic rings. The first kappa shape index (κ1) is 14.2. The van der Waals surface area contributed by atoms with Crippen molar-refractivity contribution in [1.29, 1.82) is 0 Å². The Morgan fingerprint density at radius 2 is 2.17 bits per heavy atom. The maximum absolute atomic E-state index is 12.6. The first-order chi connectivity index (χ1) is 8.55. The van der Waals surface area contributed by atoms with Crippen LogP contribution in [0.15, 0.2) is 0 Å². The summed E-state index contributed by atoms with van der Waals surface area (Å²) in [6.45, 7) is 5.04. The van der Waals surface area contributed by atoms with Gasteiger partial charge >= 0.3 is 0 Å². The number of piperidine rings is 1. The fourth-order valence-electron chi connectivity index (χ4n) is 2.63. The minimum atomic E-state index is -3.35. The van der Waals surface area contributed by atoms with E-state index in [-0.39, 0.29) is 6.04 Å². The van der Waals surface area contributed by atoms with Gasteiger partial charge in [0.25, 0.3) is 10.2 Å². The van der Waals surface area contributed by atoms with Crippen molar-refractivity contribution < 1.29 is 13.2 Å². The predicted octanol–water partition coefficient (Wildman–Crippen LogP) is -0.377. The summed E-state index contributed by atoms with van der Waals surface area (Å²) < 4.78 is 33.6. The van der Waals surface area contributed by atoms with Crippen LogP contribution >= 0.6 is 0 Å². The molecule has 6 nitrogen and oxygen atoms in total. The molecule has 0 bridgehead atoms. The van der Waals surface area contributed by atoms with Gasteiger partial charge in [0.15, 0.2) is 0 Å². The van der Waals surface area contributed by atoms with Gasteiger partial charge in [0.1, 0.15) is 0 Å². The van der Waals surface area contributed by atoms with Crippen LogP contribution in [-0.2, 0) is 14.9 Å². The third-order valence-corrected chi connectivity index (χ3v) is 5.86. The van der Waals surface area contributed by atoms with Crippen LogP contribution in [0.5, 0.6) is 0 Å². The van der Waals surface area contributed by atoms with Gasteiger partial charge in [0.05, 0.1) is 13.2 Å². The lowest BCUT2D eigenvalue weighted by molar-refractivity contribution is 0.0355. The summed E-state index contributed by atoms with van der Waals surface area (Å²) in [7, 11) is -3.35. The zero-order valence-electron chi connectivity index (χ0n) is 10.9. The summed E-state index contributed by atoms with van der Waals surface area (Å²) in [6.07, 6.45) is 1.93. The number of hydrogen-bond donors (Lipinski definition) is 1. The van der Waals surface area contributed by atoms with E-state index in [2.05, 4.69) is 0 Å². The zero-order chi connectivity index (χ0) is 13.2. The van der Waals surface area contributed by atoms with Gasteiger partial charge in [-0.3, -0.25) is 0 Å². The molecule has 0 aromatic rings. The van der Waals surface area contributed by atoms with Crippen molar-refractivity contribution in [2.45, 2.75) is 25.8 Å². The molecule has 0 aromatic heterocycles. The fraction of sp³-hybridized carbons (Fsp3) is 1.00. The van der Waals surface area contributed by atoms with Gasteiger partial charge in [-0.15, -0.1) is 0 Å². The summed E-state index contributed by atoms with van der Waals surface area (Å²) in [4.78, 5) is 0. The summed E-state index contributed by atoms with van der Waals surface area (Å²) in [5.74, 6) is 0.296. The first-order valence-corrected chi connectivity index (χ1v) is 8.00. The highest BCUT2D eigenvalue weighted by Crippen LogP contribution is 2.22. The molecule has 18 heavy (non-hydrogen) atoms. The number of nitrogens with two attached hydrogens (primary N) is 1. The lowest BCUT2D eigenvalue weighted by Gasteiger charge is -2.39. The van der Waals surface area contributed by atoms with Gasteiger partial charge in [-0.2, -0.15) is 17.0 Å². The highest BCUT2D eigenvalue weighted by Gasteiger charge is 2.36. The lowest BCUT2D eigenvalue weighted by atomic mass is 10.0. The Hall–Kier alpha value is -0.210. The largest absolute Gasteiger partial charge is 0.378 e. The minimum Gasteiger partial charge on any atom is -0.378 e. The van der Waals surface area contributed by atoms with Crippen LogP contribution in [0.25, 0.3) is 0 Å². The number of rotatable bonds is 3. The summed E-state index contributed by atoms with van der Waals surface area (Å²) >= 11 is 0. The third-order valence-electron chi connectivity index (χ3n) is 3.74. The van der Waals surface area contributed by atoms with Gasteiger partial charge < -0.3 is 10.5 Å². The Bertz CT molecular complexity index is 374. The smallest absolute Gasteiger partial charge is 0.282 e. The van der Waals surface area contributed by atoms with E-state index < -0.39 is 10.2 Å². The Kier molecular flexibility index (Phi) is 4.60. The molecule has 106 valence electrons. The van der Waals surface area contributed by atoms with Gasteiger partial charge in [-0.25, -0.2) is 0 Å². The van der Waals surface area contributed by atoms with Crippen molar-refractivity contribution in [2.75, 3.05) is 39.4 Å². The van der Waals surface area contributed by atoms with E-state index in [1.165, 1.54) is 0 Å². The number of hydrogen-bond acceptors (Lipinski definition) is 4. The summed E-state index contributed by atoms with van der Waals surface area (Å²) in [6, 6.07) is -0.0815. The molecule has 0 radical (unpaired) electrons. The molecule has 2 heterocycles. The van der Waals surface area contributed by atoms with Crippen LogP contribution in [0.1, 0.15) is 19.8 Å². The molecule has 0 spiro atoms. The van der Waals surface area contributed by atoms with Crippen molar-refractivity contribution in [2.24, 2.45) is 11.7 Å². The average Bonchev–Trinajstić information content (AvgIpc) is 2.39. The summed E-state index contributed by atoms with van der Waals surface area (Å²) in [5, 5.41) is 0. The minimum absolute atomic E-state index is 0.0815. The van der Waals surface area contributed by atoms with E-state index in [0.717, 1.165) is 12.8 Å². The maximum Gasteiger partial charge on any atom is 0.282 e. The highest BCUT2D eigenvalue weighted by molar-refractivity contribution is 7.86. The SMILES string of the molecule is CC1COCCN1S(=O)(=O)N1CCCC(CN)C1. The average molecular weight is 277 g/mol. The third kappa shape index (κ3) is 2.85. The number of nitrogens with zero attached hydrogens (tertiary/aromatic N) is 2. The number of ether oxygens (including phenoxy) is 1. The van der Waals surface area contributed by atoms with Crippen LogP contribution < -0.4 is 5.73 Å². The molecular formula is C11H23N3O3S. The van der Waals surface area contributed by atoms with Crippen LogP contribution in [-0.4, -0.2) is 62.5 Å². The second kappa shape index (κ2) is 5.83. The van der Waals surface area contributed by atoms with Gasteiger partial charge in [0, 0.05) is 25.7 Å². The van der Waals surface area contributed by atoms with Crippen molar-refractivity contribution in [1.82, 2.24) is 8.61 Å². The molecule has 2 unspecified atom stereocenters. The highest BCUT2D eigenvalue weighted by atomic mass is 32.2. The van der Waals surface area contributed by atoms with E-state index in [1.807, 2.05) is 6.92 Å². The topological polar surface area (TPSA) is 75.9 Å². The van der Waals surface area contributed by atoms with Crippen molar-refractivity contribution >= 4 is 10.2 Å². The van der Waals surface area contributed by atoms with Crippen LogP contribution in [0.3, 0.4) is 0 Å². The summed E-state index contributed by atoms with van der Waals surface area (Å²) in [5.41, 5.74) is 5.66. The molecule has 0 aliphatic carbocycles. The lowest BCUT2D eigenvalue weighted by Crippen LogP contribution is -2.55. The van der Waals surface area contributed by atoms with Crippen molar-refractivity contribution in [3.05, 3.63) is 0 Å². The van der Waals surface area contributed by atoms with Crippen LogP contribution in [0, 0.1) is 5.92 Å². The standard InChI is InChI=1S/C11H23N3O3S/c1-10-9-17-6-5-14(10)18(15,16)13-4-2-3-11(7-12)8-13/h10-11H,2-9,12H2,1H3. The molecule has 2 N–H and O–H groups in total. The van der Waals surface area contributed by atoms with E-state index in [0.29, 0.717) is 45.3 Å². The zero-order valence-corrected chi connectivity index (χ0v) is 11.7. The monoisotopic (exact) mass is 277 g/mol. The molecular weight excluding hydrogens is 254 g/mol. The Labute approximate surface area is 109 Å². The van der Waals surface area contributed by atoms with Gasteiger partial charge in [-0.05, 0) is 32.2 Å². The van der Waals surface area contributed by atoms with E-state index >= 15 is 0 Å². The Balaban J connectivity index is 2.09. The second-order valence-electron chi connectivity index (χ2n) is 5.14. The van der Waals surface area contributed by atoms with E-state index in [9.17, 15) is 8.42 Å². The first-order valence-electron chi connectivity index (χ1n) is 6.60. The van der Waals surface area contributed by atoms with Crippen molar-refractivity contribution in [3.63, 3.8) is 0 Å². The molecule has 0 saturated carbocycles. The molecule has 0 amide bonds. The fourth-order valence-corrected chi connectivity index (χ4v) is 4.51. The van der Waals surface area contributed by atoms with Crippen molar-refractivity contribution in [3.8, 4) is 0 Å². The molecule has 2 rings (SSSR count). The molecule has 7 heteroatoms. The quantitative estimate of drug-likeness (QED) is 0.763. The molecule has 2 fully saturated rings. The Morgan fingerprint density at radius 3 is 2.83 bits per heavy atom. The van der Waals surface area contributed by atoms with Crippen LogP contribution in [0.2, 0.25) is 0 Å². The second-order valence-corrected chi connectivity index (χ2v) is 7.03. The van der Waals surface area contributed by atoms with Crippen LogP contribution in [0.4, 0.5) is 0 Å². The molecule has 2 aliphatic heterocycles. The predicted molar refractivity (Wildman–Crippen MR) is 69.3 cm³/mol. The molecule has 0 aromatic carbocycles. The normalized spacial score (nSPS) is 32.6. The molecule has 2 atom stereocenters. The number of morpholine rings is 1. The molecule has 2 saturated heterocycles. The van der Waals surface area contributed by atoms with E-state index in [1.54, 1.807) is 8.61 Å². The van der Waals surface area contributed by atoms with Gasteiger partial charge in [0.2, 0.25) is 0 Å². The van der Waals surface area contributed by atoms with Gasteiger partial charge in [-0.1, -0.05) is 0 Å².